The smallest absolute Gasteiger partial charge is 0.409 e. The molecule has 1 aliphatic rings. The Hall–Kier alpha value is -2.35. The van der Waals surface area contributed by atoms with Crippen LogP contribution in [0.2, 0.25) is 5.02 Å². The summed E-state index contributed by atoms with van der Waals surface area (Å²) in [7, 11) is 0. The van der Waals surface area contributed by atoms with Crippen LogP contribution in [0.3, 0.4) is 0 Å². The molecule has 0 bridgehead atoms. The maximum atomic E-state index is 13.8. The molecule has 0 saturated carbocycles. The van der Waals surface area contributed by atoms with E-state index in [2.05, 4.69) is 5.32 Å². The Labute approximate surface area is 156 Å². The Bertz CT molecular complexity index is 672. The first kappa shape index (κ1) is 20.0. The normalized spacial score (nSPS) is 15.4. The fourth-order valence-electron chi connectivity index (χ4n) is 2.64. The zero-order valence-corrected chi connectivity index (χ0v) is 15.4. The molecule has 3 amide bonds. The van der Waals surface area contributed by atoms with E-state index >= 15 is 0 Å². The number of amides is 3. The van der Waals surface area contributed by atoms with E-state index in [-0.39, 0.29) is 16.5 Å². The van der Waals surface area contributed by atoms with Gasteiger partial charge in [-0.05, 0) is 26.0 Å². The quantitative estimate of drug-likeness (QED) is 0.858. The third-order valence-electron chi connectivity index (χ3n) is 4.03. The van der Waals surface area contributed by atoms with Gasteiger partial charge < -0.3 is 19.9 Å². The van der Waals surface area contributed by atoms with E-state index in [4.69, 9.17) is 16.3 Å². The molecule has 26 heavy (non-hydrogen) atoms. The lowest BCUT2D eigenvalue weighted by molar-refractivity contribution is -0.134. The largest absolute Gasteiger partial charge is 0.450 e. The van der Waals surface area contributed by atoms with Crippen LogP contribution in [0.5, 0.6) is 0 Å². The Morgan fingerprint density at radius 2 is 1.85 bits per heavy atom. The first-order valence-corrected chi connectivity index (χ1v) is 8.68. The summed E-state index contributed by atoms with van der Waals surface area (Å²) in [5.41, 5.74) is -0.291. The van der Waals surface area contributed by atoms with Crippen LogP contribution in [0.25, 0.3) is 0 Å². The molecule has 1 saturated heterocycles. The molecule has 1 fully saturated rings. The van der Waals surface area contributed by atoms with Crippen LogP contribution in [0, 0.1) is 5.82 Å². The number of piperazine rings is 1. The van der Waals surface area contributed by atoms with Gasteiger partial charge in [0.15, 0.2) is 0 Å². The fraction of sp³-hybridized carbons (Fsp3) is 0.471. The second kappa shape index (κ2) is 8.84. The fourth-order valence-corrected chi connectivity index (χ4v) is 2.89. The monoisotopic (exact) mass is 385 g/mol. The predicted molar refractivity (Wildman–Crippen MR) is 93.5 cm³/mol. The number of nitrogens with one attached hydrogen (secondary N) is 1. The average molecular weight is 386 g/mol. The molecule has 0 unspecified atom stereocenters. The predicted octanol–water partition coefficient (Wildman–Crippen LogP) is 1.90. The van der Waals surface area contributed by atoms with Crippen LogP contribution in [-0.2, 0) is 9.53 Å². The summed E-state index contributed by atoms with van der Waals surface area (Å²) in [4.78, 5) is 39.4. The van der Waals surface area contributed by atoms with Gasteiger partial charge in [-0.1, -0.05) is 17.7 Å². The number of carbonyl (C=O) groups is 3. The van der Waals surface area contributed by atoms with Crippen molar-refractivity contribution in [3.63, 3.8) is 0 Å². The van der Waals surface area contributed by atoms with Crippen molar-refractivity contribution in [2.24, 2.45) is 0 Å². The maximum absolute atomic E-state index is 13.8. The van der Waals surface area contributed by atoms with Crippen LogP contribution in [0.4, 0.5) is 9.18 Å². The van der Waals surface area contributed by atoms with E-state index in [1.807, 2.05) is 0 Å². The Morgan fingerprint density at radius 3 is 2.42 bits per heavy atom. The zero-order valence-electron chi connectivity index (χ0n) is 14.6. The summed E-state index contributed by atoms with van der Waals surface area (Å²) in [6.07, 6.45) is -0.407. The van der Waals surface area contributed by atoms with Gasteiger partial charge in [-0.2, -0.15) is 0 Å². The highest BCUT2D eigenvalue weighted by atomic mass is 35.5. The van der Waals surface area contributed by atoms with Crippen molar-refractivity contribution in [2.45, 2.75) is 19.9 Å². The van der Waals surface area contributed by atoms with Gasteiger partial charge in [-0.15, -0.1) is 0 Å². The maximum Gasteiger partial charge on any atom is 0.409 e. The molecule has 1 aromatic carbocycles. The first-order valence-electron chi connectivity index (χ1n) is 8.30. The molecular formula is C17H21ClFN3O4. The summed E-state index contributed by atoms with van der Waals surface area (Å²) in [6.45, 7) is 4.90. The molecule has 9 heteroatoms. The van der Waals surface area contributed by atoms with Crippen molar-refractivity contribution >= 4 is 29.5 Å². The molecule has 2 rings (SSSR count). The number of carbonyl (C=O) groups excluding carboxylic acids is 3. The van der Waals surface area contributed by atoms with E-state index in [9.17, 15) is 18.8 Å². The SMILES string of the molecule is CCOC(=O)N1CCN(C(=O)[C@@H](C)NC(=O)c2c(F)cccc2Cl)CC1. The average Bonchev–Trinajstić information content (AvgIpc) is 2.61. The second-order valence-electron chi connectivity index (χ2n) is 5.80. The third-order valence-corrected chi connectivity index (χ3v) is 4.34. The Kier molecular flexibility index (Phi) is 6.79. The molecule has 0 spiro atoms. The first-order chi connectivity index (χ1) is 12.3. The number of hydrogen-bond donors (Lipinski definition) is 1. The minimum Gasteiger partial charge on any atom is -0.450 e. The van der Waals surface area contributed by atoms with Crippen LogP contribution in [-0.4, -0.2) is 66.5 Å². The number of ether oxygens (including phenoxy) is 1. The van der Waals surface area contributed by atoms with E-state index < -0.39 is 23.9 Å². The van der Waals surface area contributed by atoms with Gasteiger partial charge in [-0.3, -0.25) is 9.59 Å². The van der Waals surface area contributed by atoms with Crippen molar-refractivity contribution in [2.75, 3.05) is 32.8 Å². The van der Waals surface area contributed by atoms with E-state index in [1.54, 1.807) is 11.8 Å². The lowest BCUT2D eigenvalue weighted by Crippen LogP contribution is -2.55. The lowest BCUT2D eigenvalue weighted by atomic mass is 10.1. The highest BCUT2D eigenvalue weighted by Gasteiger charge is 2.29. The van der Waals surface area contributed by atoms with Crippen molar-refractivity contribution in [3.05, 3.63) is 34.6 Å². The van der Waals surface area contributed by atoms with E-state index in [1.165, 1.54) is 24.0 Å². The van der Waals surface area contributed by atoms with Crippen LogP contribution in [0.15, 0.2) is 18.2 Å². The van der Waals surface area contributed by atoms with Crippen molar-refractivity contribution in [1.29, 1.82) is 0 Å². The molecule has 0 aromatic heterocycles. The molecule has 1 aromatic rings. The molecule has 0 aliphatic carbocycles. The van der Waals surface area contributed by atoms with Crippen LogP contribution >= 0.6 is 11.6 Å². The van der Waals surface area contributed by atoms with Gasteiger partial charge in [0, 0.05) is 26.2 Å². The topological polar surface area (TPSA) is 79.0 Å². The van der Waals surface area contributed by atoms with Crippen molar-refractivity contribution < 1.29 is 23.5 Å². The van der Waals surface area contributed by atoms with Crippen molar-refractivity contribution in [1.82, 2.24) is 15.1 Å². The molecular weight excluding hydrogens is 365 g/mol. The highest BCUT2D eigenvalue weighted by molar-refractivity contribution is 6.33. The molecule has 1 heterocycles. The summed E-state index contributed by atoms with van der Waals surface area (Å²) in [6, 6.07) is 3.07. The number of benzene rings is 1. The van der Waals surface area contributed by atoms with Gasteiger partial charge >= 0.3 is 6.09 Å². The van der Waals surface area contributed by atoms with Crippen LogP contribution in [0.1, 0.15) is 24.2 Å². The summed E-state index contributed by atoms with van der Waals surface area (Å²) in [5, 5.41) is 2.45. The Balaban J connectivity index is 1.92. The van der Waals surface area contributed by atoms with Crippen LogP contribution < -0.4 is 5.32 Å². The minimum atomic E-state index is -0.854. The van der Waals surface area contributed by atoms with E-state index in [0.29, 0.717) is 32.8 Å². The molecule has 1 aliphatic heterocycles. The summed E-state index contributed by atoms with van der Waals surface area (Å²) >= 11 is 5.86. The molecule has 1 atom stereocenters. The summed E-state index contributed by atoms with van der Waals surface area (Å²) in [5.74, 6) is -1.81. The number of rotatable bonds is 4. The number of halogens is 2. The second-order valence-corrected chi connectivity index (χ2v) is 6.21. The standard InChI is InChI=1S/C17H21ClFN3O4/c1-3-26-17(25)22-9-7-21(8-10-22)16(24)11(2)20-15(23)14-12(18)5-4-6-13(14)19/h4-6,11H,3,7-10H2,1-2H3,(H,20,23)/t11-/m1/s1. The molecule has 142 valence electrons. The Morgan fingerprint density at radius 1 is 1.23 bits per heavy atom. The highest BCUT2D eigenvalue weighted by Crippen LogP contribution is 2.19. The lowest BCUT2D eigenvalue weighted by Gasteiger charge is -2.35. The van der Waals surface area contributed by atoms with Gasteiger partial charge in [-0.25, -0.2) is 9.18 Å². The van der Waals surface area contributed by atoms with Gasteiger partial charge in [0.2, 0.25) is 5.91 Å². The van der Waals surface area contributed by atoms with Gasteiger partial charge in [0.05, 0.1) is 17.2 Å². The molecule has 1 N–H and O–H groups in total. The van der Waals surface area contributed by atoms with Gasteiger partial charge in [0.1, 0.15) is 11.9 Å². The minimum absolute atomic E-state index is 0.0230. The molecule has 7 nitrogen and oxygen atoms in total. The summed E-state index contributed by atoms with van der Waals surface area (Å²) < 4.78 is 18.7. The molecule has 0 radical (unpaired) electrons. The number of hydrogen-bond acceptors (Lipinski definition) is 4. The van der Waals surface area contributed by atoms with Gasteiger partial charge in [0.25, 0.3) is 5.91 Å². The third kappa shape index (κ3) is 4.63. The van der Waals surface area contributed by atoms with E-state index in [0.717, 1.165) is 6.07 Å². The number of nitrogens with zero attached hydrogens (tertiary/aromatic N) is 2. The van der Waals surface area contributed by atoms with Crippen molar-refractivity contribution in [3.8, 4) is 0 Å². The zero-order chi connectivity index (χ0) is 19.3.